The van der Waals surface area contributed by atoms with E-state index >= 15 is 0 Å². The summed E-state index contributed by atoms with van der Waals surface area (Å²) in [6.45, 7) is 8.12. The van der Waals surface area contributed by atoms with Crippen molar-refractivity contribution < 1.29 is 15.0 Å². The minimum Gasteiger partial charge on any atom is -0.481 e. The molecule has 0 radical (unpaired) electrons. The number of nitrogens with one attached hydrogen (secondary N) is 1. The molecule has 1 fully saturated rings. The van der Waals surface area contributed by atoms with Crippen molar-refractivity contribution in [2.24, 2.45) is 11.8 Å². The molecule has 0 aromatic carbocycles. The summed E-state index contributed by atoms with van der Waals surface area (Å²) >= 11 is 0. The van der Waals surface area contributed by atoms with Crippen LogP contribution in [0.25, 0.3) is 0 Å². The fourth-order valence-electron chi connectivity index (χ4n) is 2.85. The average molecular weight is 286 g/mol. The third-order valence-electron chi connectivity index (χ3n) is 3.95. The standard InChI is InChI=1S/C15H30N2O3/c1-12(2)3-6-16-14-9-13(5-8-18)10-17(11-14)7-4-15(19)20/h12-14,16,18H,3-11H2,1-2H3,(H,19,20). The van der Waals surface area contributed by atoms with Gasteiger partial charge in [0, 0.05) is 32.3 Å². The van der Waals surface area contributed by atoms with Crippen LogP contribution in [0.3, 0.4) is 0 Å². The van der Waals surface area contributed by atoms with Crippen molar-refractivity contribution in [2.75, 3.05) is 32.8 Å². The molecule has 1 saturated heterocycles. The second-order valence-electron chi connectivity index (χ2n) is 6.35. The van der Waals surface area contributed by atoms with Gasteiger partial charge in [-0.15, -0.1) is 0 Å². The first-order chi connectivity index (χ1) is 9.51. The van der Waals surface area contributed by atoms with Gasteiger partial charge in [-0.1, -0.05) is 13.8 Å². The van der Waals surface area contributed by atoms with E-state index in [0.29, 0.717) is 24.4 Å². The largest absolute Gasteiger partial charge is 0.481 e. The summed E-state index contributed by atoms with van der Waals surface area (Å²) in [6, 6.07) is 0.424. The molecule has 118 valence electrons. The van der Waals surface area contributed by atoms with E-state index in [2.05, 4.69) is 24.1 Å². The van der Waals surface area contributed by atoms with E-state index in [1.165, 1.54) is 0 Å². The quantitative estimate of drug-likeness (QED) is 0.593. The van der Waals surface area contributed by atoms with Crippen LogP contribution in [0.2, 0.25) is 0 Å². The van der Waals surface area contributed by atoms with E-state index in [-0.39, 0.29) is 13.0 Å². The van der Waals surface area contributed by atoms with Gasteiger partial charge >= 0.3 is 5.97 Å². The summed E-state index contributed by atoms with van der Waals surface area (Å²) in [4.78, 5) is 12.9. The van der Waals surface area contributed by atoms with Crippen molar-refractivity contribution in [3.05, 3.63) is 0 Å². The van der Waals surface area contributed by atoms with Gasteiger partial charge in [0.15, 0.2) is 0 Å². The highest BCUT2D eigenvalue weighted by atomic mass is 16.4. The molecule has 5 heteroatoms. The lowest BCUT2D eigenvalue weighted by Crippen LogP contribution is -2.50. The lowest BCUT2D eigenvalue weighted by Gasteiger charge is -2.38. The molecule has 1 heterocycles. The molecule has 1 aliphatic rings. The molecule has 0 bridgehead atoms. The summed E-state index contributed by atoms with van der Waals surface area (Å²) < 4.78 is 0. The number of carbonyl (C=O) groups is 1. The fourth-order valence-corrected chi connectivity index (χ4v) is 2.85. The Hall–Kier alpha value is -0.650. The maximum atomic E-state index is 10.7. The van der Waals surface area contributed by atoms with E-state index in [1.807, 2.05) is 0 Å². The van der Waals surface area contributed by atoms with Crippen LogP contribution < -0.4 is 5.32 Å². The molecule has 1 aliphatic heterocycles. The zero-order chi connectivity index (χ0) is 15.0. The second-order valence-corrected chi connectivity index (χ2v) is 6.35. The first-order valence-corrected chi connectivity index (χ1v) is 7.79. The molecular weight excluding hydrogens is 256 g/mol. The molecule has 0 saturated carbocycles. The van der Waals surface area contributed by atoms with Crippen LogP contribution >= 0.6 is 0 Å². The van der Waals surface area contributed by atoms with E-state index in [1.54, 1.807) is 0 Å². The molecular formula is C15H30N2O3. The first-order valence-electron chi connectivity index (χ1n) is 7.79. The molecule has 0 aromatic heterocycles. The first kappa shape index (κ1) is 17.4. The van der Waals surface area contributed by atoms with Gasteiger partial charge in [-0.05, 0) is 37.6 Å². The Morgan fingerprint density at radius 2 is 2.15 bits per heavy atom. The maximum absolute atomic E-state index is 10.7. The van der Waals surface area contributed by atoms with Gasteiger partial charge < -0.3 is 20.4 Å². The number of likely N-dealkylation sites (tertiary alicyclic amines) is 1. The lowest BCUT2D eigenvalue weighted by molar-refractivity contribution is -0.137. The van der Waals surface area contributed by atoms with Crippen LogP contribution in [0.1, 0.15) is 39.5 Å². The number of carboxylic acids is 1. The lowest BCUT2D eigenvalue weighted by atomic mass is 9.91. The second kappa shape index (κ2) is 9.32. The van der Waals surface area contributed by atoms with E-state index in [0.717, 1.165) is 38.9 Å². The smallest absolute Gasteiger partial charge is 0.304 e. The van der Waals surface area contributed by atoms with Crippen LogP contribution in [-0.2, 0) is 4.79 Å². The zero-order valence-corrected chi connectivity index (χ0v) is 12.8. The summed E-state index contributed by atoms with van der Waals surface area (Å²) in [7, 11) is 0. The summed E-state index contributed by atoms with van der Waals surface area (Å²) in [6.07, 6.45) is 3.26. The van der Waals surface area contributed by atoms with E-state index < -0.39 is 5.97 Å². The van der Waals surface area contributed by atoms with Crippen molar-refractivity contribution in [3.8, 4) is 0 Å². The number of nitrogens with zero attached hydrogens (tertiary/aromatic N) is 1. The minimum atomic E-state index is -0.737. The highest BCUT2D eigenvalue weighted by Crippen LogP contribution is 2.20. The number of aliphatic hydroxyl groups excluding tert-OH is 1. The van der Waals surface area contributed by atoms with Gasteiger partial charge in [-0.3, -0.25) is 4.79 Å². The maximum Gasteiger partial charge on any atom is 0.304 e. The summed E-state index contributed by atoms with van der Waals surface area (Å²) in [5, 5.41) is 21.5. The Morgan fingerprint density at radius 1 is 1.40 bits per heavy atom. The van der Waals surface area contributed by atoms with Crippen LogP contribution in [-0.4, -0.2) is 59.9 Å². The number of carboxylic acid groups (broad SMARTS) is 1. The number of hydrogen-bond donors (Lipinski definition) is 3. The number of rotatable bonds is 9. The predicted octanol–water partition coefficient (Wildman–Crippen LogP) is 1.17. The molecule has 3 N–H and O–H groups in total. The number of aliphatic carboxylic acids is 1. The third-order valence-corrected chi connectivity index (χ3v) is 3.95. The van der Waals surface area contributed by atoms with Crippen LogP contribution in [0.5, 0.6) is 0 Å². The Bertz CT molecular complexity index is 284. The normalized spacial score (nSPS) is 24.2. The average Bonchev–Trinajstić information content (AvgIpc) is 2.36. The third kappa shape index (κ3) is 7.22. The summed E-state index contributed by atoms with van der Waals surface area (Å²) in [5.41, 5.74) is 0. The Morgan fingerprint density at radius 3 is 2.75 bits per heavy atom. The Balaban J connectivity index is 2.40. The van der Waals surface area contributed by atoms with Crippen LogP contribution in [0.4, 0.5) is 0 Å². The molecule has 2 atom stereocenters. The zero-order valence-electron chi connectivity index (χ0n) is 12.8. The van der Waals surface area contributed by atoms with Gasteiger partial charge in [0.1, 0.15) is 0 Å². The van der Waals surface area contributed by atoms with Gasteiger partial charge in [0.05, 0.1) is 6.42 Å². The molecule has 1 rings (SSSR count). The molecule has 0 aliphatic carbocycles. The molecule has 0 spiro atoms. The SMILES string of the molecule is CC(C)CCNC1CC(CCO)CN(CCC(=O)O)C1. The predicted molar refractivity (Wildman–Crippen MR) is 79.7 cm³/mol. The van der Waals surface area contributed by atoms with Crippen LogP contribution in [0, 0.1) is 11.8 Å². The number of aliphatic hydroxyl groups is 1. The fraction of sp³-hybridized carbons (Fsp3) is 0.933. The highest BCUT2D eigenvalue weighted by molar-refractivity contribution is 5.66. The van der Waals surface area contributed by atoms with Gasteiger partial charge in [0.25, 0.3) is 0 Å². The minimum absolute atomic E-state index is 0.199. The van der Waals surface area contributed by atoms with E-state index in [9.17, 15) is 4.79 Å². The summed E-state index contributed by atoms with van der Waals surface area (Å²) in [5.74, 6) is 0.431. The van der Waals surface area contributed by atoms with Crippen molar-refractivity contribution in [3.63, 3.8) is 0 Å². The molecule has 0 aromatic rings. The topological polar surface area (TPSA) is 72.8 Å². The monoisotopic (exact) mass is 286 g/mol. The van der Waals surface area contributed by atoms with Crippen molar-refractivity contribution in [1.82, 2.24) is 10.2 Å². The van der Waals surface area contributed by atoms with Crippen molar-refractivity contribution >= 4 is 5.97 Å². The van der Waals surface area contributed by atoms with Crippen LogP contribution in [0.15, 0.2) is 0 Å². The highest BCUT2D eigenvalue weighted by Gasteiger charge is 2.26. The van der Waals surface area contributed by atoms with Crippen molar-refractivity contribution in [2.45, 2.75) is 45.6 Å². The number of hydrogen-bond acceptors (Lipinski definition) is 4. The van der Waals surface area contributed by atoms with Gasteiger partial charge in [0.2, 0.25) is 0 Å². The van der Waals surface area contributed by atoms with Gasteiger partial charge in [-0.2, -0.15) is 0 Å². The van der Waals surface area contributed by atoms with E-state index in [4.69, 9.17) is 10.2 Å². The number of piperidine rings is 1. The molecule has 2 unspecified atom stereocenters. The molecule has 5 nitrogen and oxygen atoms in total. The molecule has 20 heavy (non-hydrogen) atoms. The van der Waals surface area contributed by atoms with Crippen molar-refractivity contribution in [1.29, 1.82) is 0 Å². The molecule has 0 amide bonds. The Labute approximate surface area is 122 Å². The van der Waals surface area contributed by atoms with Gasteiger partial charge in [-0.25, -0.2) is 0 Å². The Kier molecular flexibility index (Phi) is 8.11.